The molecule has 0 rings (SSSR count). The Labute approximate surface area is 73.3 Å². The Bertz CT molecular complexity index is 115. The summed E-state index contributed by atoms with van der Waals surface area (Å²) in [7, 11) is 0. The van der Waals surface area contributed by atoms with E-state index in [4.69, 9.17) is 10.2 Å². The molecule has 4 nitrogen and oxygen atoms in total. The molecule has 0 radical (unpaired) electrons. The van der Waals surface area contributed by atoms with E-state index in [1.54, 1.807) is 0 Å². The molecule has 0 heterocycles. The van der Waals surface area contributed by atoms with Crippen molar-refractivity contribution in [2.75, 3.05) is 11.9 Å². The summed E-state index contributed by atoms with van der Waals surface area (Å²) in [6.45, 7) is 0.320. The Balaban J connectivity index is 3.23. The van der Waals surface area contributed by atoms with Crippen LogP contribution in [0.15, 0.2) is 0 Å². The third-order valence-electron chi connectivity index (χ3n) is 0.947. The zero-order valence-electron chi connectivity index (χ0n) is 5.99. The van der Waals surface area contributed by atoms with Gasteiger partial charge in [0.1, 0.15) is 6.61 Å². The Morgan fingerprint density at radius 3 is 2.64 bits per heavy atom. The number of aliphatic hydroxyl groups is 2. The minimum atomic E-state index is -1.42. The van der Waals surface area contributed by atoms with E-state index >= 15 is 0 Å². The minimum Gasteiger partial charge on any atom is -0.465 e. The van der Waals surface area contributed by atoms with Crippen LogP contribution in [0.4, 0.5) is 0 Å². The van der Waals surface area contributed by atoms with Crippen LogP contribution in [0.5, 0.6) is 0 Å². The molecule has 0 bridgehead atoms. The van der Waals surface area contributed by atoms with Crippen molar-refractivity contribution in [1.82, 2.24) is 0 Å². The number of halogens is 1. The van der Waals surface area contributed by atoms with E-state index < -0.39 is 12.3 Å². The Morgan fingerprint density at radius 2 is 2.18 bits per heavy atom. The molecule has 11 heavy (non-hydrogen) atoms. The lowest BCUT2D eigenvalue weighted by atomic mass is 10.3. The SMILES string of the molecule is O=C(CCC(O)O)OCCBr. The molecule has 0 aliphatic heterocycles. The lowest BCUT2D eigenvalue weighted by Gasteiger charge is -2.03. The normalized spacial score (nSPS) is 10.2. The number of hydrogen-bond acceptors (Lipinski definition) is 4. The van der Waals surface area contributed by atoms with Crippen LogP contribution in [0, 0.1) is 0 Å². The fourth-order valence-corrected chi connectivity index (χ4v) is 0.633. The predicted octanol–water partition coefficient (Wildman–Crippen LogP) is 0.0154. The summed E-state index contributed by atoms with van der Waals surface area (Å²) in [5, 5.41) is 17.3. The summed E-state index contributed by atoms with van der Waals surface area (Å²) in [6, 6.07) is 0. The highest BCUT2D eigenvalue weighted by molar-refractivity contribution is 9.09. The van der Waals surface area contributed by atoms with Crippen LogP contribution >= 0.6 is 15.9 Å². The average Bonchev–Trinajstić information content (AvgIpc) is 1.97. The molecule has 0 aliphatic carbocycles. The van der Waals surface area contributed by atoms with Crippen molar-refractivity contribution in [1.29, 1.82) is 0 Å². The van der Waals surface area contributed by atoms with E-state index in [-0.39, 0.29) is 12.8 Å². The molecule has 0 aromatic heterocycles. The van der Waals surface area contributed by atoms with E-state index in [1.165, 1.54) is 0 Å². The monoisotopic (exact) mass is 226 g/mol. The molecule has 0 fully saturated rings. The number of aliphatic hydroxyl groups excluding tert-OH is 1. The van der Waals surface area contributed by atoms with E-state index in [0.717, 1.165) is 0 Å². The molecule has 0 unspecified atom stereocenters. The quantitative estimate of drug-likeness (QED) is 0.394. The van der Waals surface area contributed by atoms with Crippen molar-refractivity contribution in [3.05, 3.63) is 0 Å². The average molecular weight is 227 g/mol. The number of ether oxygens (including phenoxy) is 1. The van der Waals surface area contributed by atoms with Crippen LogP contribution < -0.4 is 0 Å². The van der Waals surface area contributed by atoms with Crippen LogP contribution in [-0.2, 0) is 9.53 Å². The number of alkyl halides is 1. The number of carbonyl (C=O) groups excluding carboxylic acids is 1. The van der Waals surface area contributed by atoms with Gasteiger partial charge in [0.25, 0.3) is 0 Å². The molecule has 0 saturated heterocycles. The molecule has 0 atom stereocenters. The predicted molar refractivity (Wildman–Crippen MR) is 42.2 cm³/mol. The first-order valence-corrected chi connectivity index (χ1v) is 4.36. The first-order valence-electron chi connectivity index (χ1n) is 3.24. The van der Waals surface area contributed by atoms with Gasteiger partial charge in [0.15, 0.2) is 6.29 Å². The summed E-state index contributed by atoms with van der Waals surface area (Å²) in [5.74, 6) is -0.405. The van der Waals surface area contributed by atoms with Crippen LogP contribution in [0.25, 0.3) is 0 Å². The second-order valence-corrected chi connectivity index (χ2v) is 2.72. The zero-order chi connectivity index (χ0) is 8.69. The zero-order valence-corrected chi connectivity index (χ0v) is 7.58. The Kier molecular flexibility index (Phi) is 6.49. The van der Waals surface area contributed by atoms with Gasteiger partial charge in [0, 0.05) is 11.8 Å². The summed E-state index contributed by atoms with van der Waals surface area (Å²) in [5.41, 5.74) is 0. The molecule has 5 heteroatoms. The van der Waals surface area contributed by atoms with Gasteiger partial charge in [-0.1, -0.05) is 15.9 Å². The van der Waals surface area contributed by atoms with Crippen molar-refractivity contribution in [2.45, 2.75) is 19.1 Å². The van der Waals surface area contributed by atoms with E-state index in [1.807, 2.05) is 0 Å². The Morgan fingerprint density at radius 1 is 1.55 bits per heavy atom. The van der Waals surface area contributed by atoms with Crippen molar-refractivity contribution in [2.24, 2.45) is 0 Å². The van der Waals surface area contributed by atoms with Crippen molar-refractivity contribution in [3.8, 4) is 0 Å². The van der Waals surface area contributed by atoms with Gasteiger partial charge < -0.3 is 14.9 Å². The van der Waals surface area contributed by atoms with Crippen LogP contribution in [0.2, 0.25) is 0 Å². The van der Waals surface area contributed by atoms with Crippen LogP contribution in [0.1, 0.15) is 12.8 Å². The summed E-state index contributed by atoms with van der Waals surface area (Å²) < 4.78 is 4.63. The molecule has 0 spiro atoms. The molecule has 0 saturated carbocycles. The fourth-order valence-electron chi connectivity index (χ4n) is 0.472. The van der Waals surface area contributed by atoms with Crippen LogP contribution in [0.3, 0.4) is 0 Å². The smallest absolute Gasteiger partial charge is 0.306 e. The topological polar surface area (TPSA) is 66.8 Å². The molecule has 0 amide bonds. The van der Waals surface area contributed by atoms with Crippen LogP contribution in [-0.4, -0.2) is 34.4 Å². The van der Waals surface area contributed by atoms with Gasteiger partial charge in [-0.3, -0.25) is 4.79 Å². The highest BCUT2D eigenvalue weighted by Crippen LogP contribution is 1.96. The van der Waals surface area contributed by atoms with E-state index in [9.17, 15) is 4.79 Å². The van der Waals surface area contributed by atoms with E-state index in [0.29, 0.717) is 11.9 Å². The fraction of sp³-hybridized carbons (Fsp3) is 0.833. The van der Waals surface area contributed by atoms with E-state index in [2.05, 4.69) is 20.7 Å². The van der Waals surface area contributed by atoms with Crippen molar-refractivity contribution >= 4 is 21.9 Å². The number of rotatable bonds is 5. The maximum Gasteiger partial charge on any atom is 0.306 e. The third-order valence-corrected chi connectivity index (χ3v) is 1.27. The standard InChI is InChI=1S/C6H11BrO4/c7-3-4-11-6(10)2-1-5(8)9/h5,8-9H,1-4H2. The molecular formula is C6H11BrO4. The molecule has 0 aromatic carbocycles. The molecule has 0 aromatic rings. The van der Waals surface area contributed by atoms with Crippen molar-refractivity contribution < 1.29 is 19.7 Å². The largest absolute Gasteiger partial charge is 0.465 e. The summed E-state index contributed by atoms with van der Waals surface area (Å²) in [6.07, 6.45) is -1.35. The van der Waals surface area contributed by atoms with Gasteiger partial charge >= 0.3 is 5.97 Å². The first-order chi connectivity index (χ1) is 5.16. The number of hydrogen-bond donors (Lipinski definition) is 2. The minimum absolute atomic E-state index is 0.0289. The van der Waals surface area contributed by atoms with Gasteiger partial charge in [-0.15, -0.1) is 0 Å². The Hall–Kier alpha value is -0.130. The van der Waals surface area contributed by atoms with Gasteiger partial charge in [-0.2, -0.15) is 0 Å². The van der Waals surface area contributed by atoms with Crippen molar-refractivity contribution in [3.63, 3.8) is 0 Å². The third kappa shape index (κ3) is 7.77. The first kappa shape index (κ1) is 10.9. The number of esters is 1. The van der Waals surface area contributed by atoms with Gasteiger partial charge in [0.2, 0.25) is 0 Å². The maximum absolute atomic E-state index is 10.6. The van der Waals surface area contributed by atoms with Gasteiger partial charge in [-0.25, -0.2) is 0 Å². The molecule has 2 N–H and O–H groups in total. The summed E-state index contributed by atoms with van der Waals surface area (Å²) in [4.78, 5) is 10.6. The molecule has 66 valence electrons. The second kappa shape index (κ2) is 6.57. The lowest BCUT2D eigenvalue weighted by molar-refractivity contribution is -0.145. The highest BCUT2D eigenvalue weighted by atomic mass is 79.9. The lowest BCUT2D eigenvalue weighted by Crippen LogP contribution is -2.11. The highest BCUT2D eigenvalue weighted by Gasteiger charge is 2.05. The summed E-state index contributed by atoms with van der Waals surface area (Å²) >= 11 is 3.08. The van der Waals surface area contributed by atoms with Gasteiger partial charge in [0.05, 0.1) is 6.42 Å². The van der Waals surface area contributed by atoms with Gasteiger partial charge in [-0.05, 0) is 0 Å². The molecular weight excluding hydrogens is 216 g/mol. The second-order valence-electron chi connectivity index (χ2n) is 1.93. The molecule has 0 aliphatic rings. The maximum atomic E-state index is 10.6. The number of carbonyl (C=O) groups is 1.